The number of rotatable bonds is 39. The number of unbranched alkanes of at least 4 members (excludes halogenated alkanes) is 13. The molecule has 15 nitrogen and oxygen atoms in total. The van der Waals surface area contributed by atoms with Gasteiger partial charge < -0.3 is 64.2 Å². The van der Waals surface area contributed by atoms with Gasteiger partial charge in [0, 0.05) is 12.8 Å². The number of carbonyl (C=O) groups excluding carboxylic acids is 2. The minimum atomic E-state index is -1.78. The summed E-state index contributed by atoms with van der Waals surface area (Å²) in [5, 5.41) is 72.1. The van der Waals surface area contributed by atoms with Crippen LogP contribution in [0.3, 0.4) is 0 Å². The standard InChI is InChI=1S/C54H90O15/c1-3-5-7-9-11-13-15-17-18-19-20-21-22-23-25-26-28-30-32-34-36-45(56)64-39-42(67-46(57)37-35-33-31-29-27-24-16-14-12-10-8-6-4-2)40-65-53-52(63)50(61)48(59)44(69-53)41-66-54-51(62)49(60)47(58)43(38-55)68-54/h5,7,11,13,17-18,20-21,24,27,31,33,42-44,47-55,58-63H,3-4,6,8-10,12,14-16,19,22-23,25-26,28-30,32,34-41H2,1-2H3/b7-5+,13-11+,18-17+,21-20+,27-24+,33-31+/t42?,43-,44-,47+,48+,49?,50?,51?,52?,53-,54-/m1/s1. The fourth-order valence-corrected chi connectivity index (χ4v) is 7.67. The fraction of sp³-hybridized carbons (Fsp3) is 0.741. The summed E-state index contributed by atoms with van der Waals surface area (Å²) in [6.07, 6.45) is 30.9. The molecule has 7 N–H and O–H groups in total. The Morgan fingerprint density at radius 3 is 1.49 bits per heavy atom. The van der Waals surface area contributed by atoms with E-state index in [1.807, 2.05) is 12.2 Å². The van der Waals surface area contributed by atoms with Crippen LogP contribution in [0.5, 0.6) is 0 Å². The number of aliphatic hydroxyl groups excluding tert-OH is 7. The highest BCUT2D eigenvalue weighted by molar-refractivity contribution is 5.70. The van der Waals surface area contributed by atoms with Crippen molar-refractivity contribution < 1.29 is 73.8 Å². The Kier molecular flexibility index (Phi) is 36.4. The maximum Gasteiger partial charge on any atom is 0.306 e. The zero-order valence-corrected chi connectivity index (χ0v) is 41.8. The second-order valence-corrected chi connectivity index (χ2v) is 18.0. The summed E-state index contributed by atoms with van der Waals surface area (Å²) in [5.41, 5.74) is 0. The van der Waals surface area contributed by atoms with Crippen LogP contribution in [0.25, 0.3) is 0 Å². The van der Waals surface area contributed by atoms with E-state index in [0.717, 1.165) is 83.5 Å². The number of ether oxygens (including phenoxy) is 6. The van der Waals surface area contributed by atoms with E-state index in [4.69, 9.17) is 28.4 Å². The third-order valence-electron chi connectivity index (χ3n) is 11.9. The van der Waals surface area contributed by atoms with Crippen molar-refractivity contribution in [3.05, 3.63) is 72.9 Å². The fourth-order valence-electron chi connectivity index (χ4n) is 7.67. The predicted octanol–water partition coefficient (Wildman–Crippen LogP) is 7.43. The SMILES string of the molecule is CC/C=C/C/C=C/C/C=C/C/C=C/CCCCCCCCCC(=O)OCC(CO[C@@H]1O[C@H](CO[C@@H]2O[C@H](CO)[C@H](O)C(O)C2O)[C@H](O)C(O)C1O)OC(=O)CC/C=C/C/C=C/CCCCCCCC. The first-order chi connectivity index (χ1) is 33.5. The minimum absolute atomic E-state index is 0.0533. The zero-order chi connectivity index (χ0) is 50.3. The monoisotopic (exact) mass is 979 g/mol. The maximum absolute atomic E-state index is 13.0. The predicted molar refractivity (Wildman–Crippen MR) is 266 cm³/mol. The lowest BCUT2D eigenvalue weighted by Gasteiger charge is -2.42. The van der Waals surface area contributed by atoms with E-state index in [1.54, 1.807) is 0 Å². The largest absolute Gasteiger partial charge is 0.462 e. The molecule has 0 saturated carbocycles. The smallest absolute Gasteiger partial charge is 0.306 e. The van der Waals surface area contributed by atoms with Gasteiger partial charge in [-0.25, -0.2) is 0 Å². The highest BCUT2D eigenvalue weighted by Gasteiger charge is 2.47. The lowest BCUT2D eigenvalue weighted by atomic mass is 9.98. The number of aliphatic hydroxyl groups is 7. The van der Waals surface area contributed by atoms with Gasteiger partial charge in [0.2, 0.25) is 0 Å². The molecule has 15 heteroatoms. The summed E-state index contributed by atoms with van der Waals surface area (Å²) in [4.78, 5) is 25.7. The molecular weight excluding hydrogens is 889 g/mol. The lowest BCUT2D eigenvalue weighted by molar-refractivity contribution is -0.332. The Bertz CT molecular complexity index is 1480. The molecular formula is C54H90O15. The number of carbonyl (C=O) groups is 2. The molecule has 2 heterocycles. The molecule has 5 unspecified atom stereocenters. The average Bonchev–Trinajstić information content (AvgIpc) is 3.34. The molecule has 0 amide bonds. The van der Waals surface area contributed by atoms with Crippen LogP contribution in [-0.2, 0) is 38.0 Å². The second-order valence-electron chi connectivity index (χ2n) is 18.0. The quantitative estimate of drug-likeness (QED) is 0.0180. The minimum Gasteiger partial charge on any atom is -0.462 e. The van der Waals surface area contributed by atoms with E-state index in [2.05, 4.69) is 74.6 Å². The lowest BCUT2D eigenvalue weighted by Crippen LogP contribution is -2.61. The van der Waals surface area contributed by atoms with Crippen molar-refractivity contribution in [1.82, 2.24) is 0 Å². The van der Waals surface area contributed by atoms with Crippen molar-refractivity contribution in [2.24, 2.45) is 0 Å². The summed E-state index contributed by atoms with van der Waals surface area (Å²) < 4.78 is 33.5. The first-order valence-electron chi connectivity index (χ1n) is 26.0. The maximum atomic E-state index is 13.0. The van der Waals surface area contributed by atoms with Crippen LogP contribution in [0.2, 0.25) is 0 Å². The Morgan fingerprint density at radius 1 is 0.478 bits per heavy atom. The Labute approximate surface area is 412 Å². The third-order valence-corrected chi connectivity index (χ3v) is 11.9. The molecule has 0 aromatic rings. The molecule has 11 atom stereocenters. The Balaban J connectivity index is 1.81. The summed E-state index contributed by atoms with van der Waals surface area (Å²) in [5.74, 6) is -1.02. The van der Waals surface area contributed by atoms with Crippen LogP contribution in [0, 0.1) is 0 Å². The van der Waals surface area contributed by atoms with Crippen LogP contribution in [-0.4, -0.2) is 142 Å². The molecule has 0 bridgehead atoms. The summed E-state index contributed by atoms with van der Waals surface area (Å²) in [6, 6.07) is 0. The van der Waals surface area contributed by atoms with Gasteiger partial charge in [-0.05, 0) is 70.6 Å². The molecule has 0 aromatic carbocycles. The summed E-state index contributed by atoms with van der Waals surface area (Å²) >= 11 is 0. The molecule has 0 aliphatic carbocycles. The van der Waals surface area contributed by atoms with Crippen LogP contribution in [0.15, 0.2) is 72.9 Å². The summed E-state index contributed by atoms with van der Waals surface area (Å²) in [6.45, 7) is 2.38. The molecule has 0 spiro atoms. The molecule has 0 aromatic heterocycles. The molecule has 2 aliphatic heterocycles. The number of esters is 2. The zero-order valence-electron chi connectivity index (χ0n) is 41.8. The van der Waals surface area contributed by atoms with E-state index in [1.165, 1.54) is 38.5 Å². The summed E-state index contributed by atoms with van der Waals surface area (Å²) in [7, 11) is 0. The van der Waals surface area contributed by atoms with Gasteiger partial charge in [-0.1, -0.05) is 151 Å². The highest BCUT2D eigenvalue weighted by Crippen LogP contribution is 2.26. The van der Waals surface area contributed by atoms with E-state index < -0.39 is 99.3 Å². The van der Waals surface area contributed by atoms with Gasteiger partial charge >= 0.3 is 11.9 Å². The highest BCUT2D eigenvalue weighted by atomic mass is 16.7. The van der Waals surface area contributed by atoms with Gasteiger partial charge in [-0.15, -0.1) is 0 Å². The van der Waals surface area contributed by atoms with Crippen molar-refractivity contribution in [1.29, 1.82) is 0 Å². The first-order valence-corrected chi connectivity index (χ1v) is 26.0. The van der Waals surface area contributed by atoms with Crippen molar-refractivity contribution >= 4 is 11.9 Å². The van der Waals surface area contributed by atoms with Crippen LogP contribution in [0.4, 0.5) is 0 Å². The van der Waals surface area contributed by atoms with E-state index in [-0.39, 0.29) is 19.4 Å². The number of hydrogen-bond donors (Lipinski definition) is 7. The number of hydrogen-bond acceptors (Lipinski definition) is 15. The Hall–Kier alpha value is -3.06. The molecule has 2 saturated heterocycles. The van der Waals surface area contributed by atoms with Crippen molar-refractivity contribution in [3.63, 3.8) is 0 Å². The van der Waals surface area contributed by atoms with E-state index >= 15 is 0 Å². The van der Waals surface area contributed by atoms with Gasteiger partial charge in [0.15, 0.2) is 18.7 Å². The topological polar surface area (TPSA) is 231 Å². The average molecular weight is 979 g/mol. The van der Waals surface area contributed by atoms with Crippen molar-refractivity contribution in [3.8, 4) is 0 Å². The van der Waals surface area contributed by atoms with Crippen LogP contribution in [0.1, 0.15) is 162 Å². The van der Waals surface area contributed by atoms with Crippen LogP contribution >= 0.6 is 0 Å². The van der Waals surface area contributed by atoms with Gasteiger partial charge in [0.1, 0.15) is 55.4 Å². The number of allylic oxidation sites excluding steroid dienone is 12. The first kappa shape index (κ1) is 62.1. The van der Waals surface area contributed by atoms with Gasteiger partial charge in [0.25, 0.3) is 0 Å². The normalized spacial score (nSPS) is 26.2. The van der Waals surface area contributed by atoms with E-state index in [0.29, 0.717) is 12.8 Å². The molecule has 396 valence electrons. The van der Waals surface area contributed by atoms with Crippen molar-refractivity contribution in [2.45, 2.75) is 229 Å². The second kappa shape index (κ2) is 40.5. The van der Waals surface area contributed by atoms with Crippen LogP contribution < -0.4 is 0 Å². The Morgan fingerprint density at radius 2 is 0.942 bits per heavy atom. The van der Waals surface area contributed by atoms with Gasteiger partial charge in [-0.3, -0.25) is 9.59 Å². The molecule has 2 fully saturated rings. The van der Waals surface area contributed by atoms with Gasteiger partial charge in [-0.2, -0.15) is 0 Å². The molecule has 2 aliphatic rings. The molecule has 2 rings (SSSR count). The van der Waals surface area contributed by atoms with Gasteiger partial charge in [0.05, 0.1) is 19.8 Å². The molecule has 69 heavy (non-hydrogen) atoms. The third kappa shape index (κ3) is 28.5. The van der Waals surface area contributed by atoms with E-state index in [9.17, 15) is 45.3 Å². The molecule has 0 radical (unpaired) electrons. The van der Waals surface area contributed by atoms with Crippen molar-refractivity contribution in [2.75, 3.05) is 26.4 Å².